The highest BCUT2D eigenvalue weighted by Gasteiger charge is 2.43. The Balaban J connectivity index is 2.71. The van der Waals surface area contributed by atoms with Crippen LogP contribution in [-0.2, 0) is 14.3 Å². The summed E-state index contributed by atoms with van der Waals surface area (Å²) in [6.45, 7) is 0. The molecule has 5 nitrogen and oxygen atoms in total. The fourth-order valence-corrected chi connectivity index (χ4v) is 1.35. The third-order valence-electron chi connectivity index (χ3n) is 1.55. The van der Waals surface area contributed by atoms with Crippen molar-refractivity contribution in [1.82, 2.24) is 5.32 Å². The lowest BCUT2D eigenvalue weighted by Crippen LogP contribution is -2.42. The number of alkyl halides is 2. The molecule has 2 atom stereocenters. The zero-order chi connectivity index (χ0) is 10.0. The molecule has 74 valence electrons. The van der Waals surface area contributed by atoms with Gasteiger partial charge in [0.1, 0.15) is 4.84 Å². The number of ether oxygens (including phenoxy) is 2. The quantitative estimate of drug-likeness (QED) is 0.550. The summed E-state index contributed by atoms with van der Waals surface area (Å²) in [6, 6.07) is -0.933. The largest absolute Gasteiger partial charge is 0.467 e. The molecule has 1 rings (SSSR count). The molecule has 1 N–H and O–H groups in total. The lowest BCUT2D eigenvalue weighted by Gasteiger charge is -2.14. The SMILES string of the molecule is COC(=O)[C@H]1NC(=O)O[C@@H]1C(Cl)Cl. The molecule has 0 radical (unpaired) electrons. The summed E-state index contributed by atoms with van der Waals surface area (Å²) in [4.78, 5) is 20.8. The molecule has 13 heavy (non-hydrogen) atoms. The number of rotatable bonds is 2. The molecule has 0 unspecified atom stereocenters. The van der Waals surface area contributed by atoms with Crippen molar-refractivity contribution >= 4 is 35.3 Å². The van der Waals surface area contributed by atoms with Gasteiger partial charge in [-0.3, -0.25) is 0 Å². The molecule has 0 spiro atoms. The Morgan fingerprint density at radius 3 is 2.77 bits per heavy atom. The van der Waals surface area contributed by atoms with Crippen LogP contribution in [0, 0.1) is 0 Å². The fraction of sp³-hybridized carbons (Fsp3) is 0.667. The first-order chi connectivity index (χ1) is 6.06. The van der Waals surface area contributed by atoms with E-state index in [1.807, 2.05) is 0 Å². The van der Waals surface area contributed by atoms with E-state index in [1.54, 1.807) is 0 Å². The number of amides is 1. The molecule has 1 aliphatic heterocycles. The van der Waals surface area contributed by atoms with Gasteiger partial charge >= 0.3 is 12.1 Å². The monoisotopic (exact) mass is 227 g/mol. The third-order valence-corrected chi connectivity index (χ3v) is 2.05. The molecule has 0 aromatic heterocycles. The van der Waals surface area contributed by atoms with Crippen LogP contribution in [0.4, 0.5) is 4.79 Å². The molecule has 0 aromatic rings. The molecule has 1 fully saturated rings. The van der Waals surface area contributed by atoms with E-state index in [0.717, 1.165) is 0 Å². The number of carbonyl (C=O) groups excluding carboxylic acids is 2. The maximum Gasteiger partial charge on any atom is 0.408 e. The first-order valence-electron chi connectivity index (χ1n) is 3.39. The van der Waals surface area contributed by atoms with Crippen molar-refractivity contribution in [3.63, 3.8) is 0 Å². The molecule has 1 amide bonds. The molecule has 7 heteroatoms. The van der Waals surface area contributed by atoms with Crippen LogP contribution in [0.5, 0.6) is 0 Å². The van der Waals surface area contributed by atoms with E-state index in [-0.39, 0.29) is 0 Å². The highest BCUT2D eigenvalue weighted by atomic mass is 35.5. The normalized spacial score (nSPS) is 26.9. The number of carbonyl (C=O) groups is 2. The van der Waals surface area contributed by atoms with Crippen LogP contribution in [0.1, 0.15) is 0 Å². The van der Waals surface area contributed by atoms with Gasteiger partial charge in [0.15, 0.2) is 12.1 Å². The van der Waals surface area contributed by atoms with Crippen molar-refractivity contribution in [2.75, 3.05) is 7.11 Å². The zero-order valence-corrected chi connectivity index (χ0v) is 8.13. The fourth-order valence-electron chi connectivity index (χ4n) is 0.952. The van der Waals surface area contributed by atoms with Gasteiger partial charge in [0.25, 0.3) is 0 Å². The molecule has 1 saturated heterocycles. The second-order valence-corrected chi connectivity index (χ2v) is 3.51. The van der Waals surface area contributed by atoms with E-state index < -0.39 is 29.0 Å². The Morgan fingerprint density at radius 2 is 2.31 bits per heavy atom. The third kappa shape index (κ3) is 2.16. The number of hydrogen-bond donors (Lipinski definition) is 1. The van der Waals surface area contributed by atoms with Gasteiger partial charge in [0, 0.05) is 0 Å². The lowest BCUT2D eigenvalue weighted by atomic mass is 10.2. The average molecular weight is 228 g/mol. The highest BCUT2D eigenvalue weighted by Crippen LogP contribution is 2.20. The van der Waals surface area contributed by atoms with Gasteiger partial charge in [-0.15, -0.1) is 23.2 Å². The van der Waals surface area contributed by atoms with Crippen LogP contribution >= 0.6 is 23.2 Å². The molecule has 0 saturated carbocycles. The molecule has 0 aromatic carbocycles. The van der Waals surface area contributed by atoms with Crippen molar-refractivity contribution < 1.29 is 19.1 Å². The summed E-state index contributed by atoms with van der Waals surface area (Å²) >= 11 is 11.0. The van der Waals surface area contributed by atoms with Crippen LogP contribution in [-0.4, -0.2) is 36.2 Å². The van der Waals surface area contributed by atoms with Gasteiger partial charge < -0.3 is 14.8 Å². The molecule has 0 aliphatic carbocycles. The summed E-state index contributed by atoms with van der Waals surface area (Å²) in [5.74, 6) is -0.637. The number of esters is 1. The summed E-state index contributed by atoms with van der Waals surface area (Å²) in [5.41, 5.74) is 0. The first-order valence-corrected chi connectivity index (χ1v) is 4.26. The molecular weight excluding hydrogens is 221 g/mol. The Morgan fingerprint density at radius 1 is 1.69 bits per heavy atom. The van der Waals surface area contributed by atoms with Crippen molar-refractivity contribution in [2.24, 2.45) is 0 Å². The van der Waals surface area contributed by atoms with Crippen LogP contribution in [0.2, 0.25) is 0 Å². The van der Waals surface area contributed by atoms with Crippen molar-refractivity contribution in [3.05, 3.63) is 0 Å². The van der Waals surface area contributed by atoms with E-state index in [0.29, 0.717) is 0 Å². The number of methoxy groups -OCH3 is 1. The Labute approximate surface area is 84.3 Å². The summed E-state index contributed by atoms with van der Waals surface area (Å²) in [7, 11) is 1.20. The minimum Gasteiger partial charge on any atom is -0.467 e. The Bertz CT molecular complexity index is 233. The number of cyclic esters (lactones) is 1. The van der Waals surface area contributed by atoms with Gasteiger partial charge in [-0.25, -0.2) is 9.59 Å². The van der Waals surface area contributed by atoms with E-state index in [1.165, 1.54) is 7.11 Å². The van der Waals surface area contributed by atoms with Gasteiger partial charge in [-0.05, 0) is 0 Å². The predicted molar refractivity (Wildman–Crippen MR) is 44.7 cm³/mol. The molecular formula is C6H7Cl2NO4. The van der Waals surface area contributed by atoms with Gasteiger partial charge in [0.05, 0.1) is 7.11 Å². The van der Waals surface area contributed by atoms with Gasteiger partial charge in [-0.2, -0.15) is 0 Å². The summed E-state index contributed by atoms with van der Waals surface area (Å²) in [6.07, 6.45) is -1.63. The second kappa shape index (κ2) is 4.02. The van der Waals surface area contributed by atoms with Crippen LogP contribution < -0.4 is 5.32 Å². The van der Waals surface area contributed by atoms with Gasteiger partial charge in [-0.1, -0.05) is 0 Å². The first kappa shape index (κ1) is 10.4. The van der Waals surface area contributed by atoms with E-state index in [4.69, 9.17) is 23.2 Å². The van der Waals surface area contributed by atoms with Crippen molar-refractivity contribution in [2.45, 2.75) is 17.0 Å². The molecule has 1 aliphatic rings. The molecule has 1 heterocycles. The molecule has 0 bridgehead atoms. The number of alkyl carbamates (subject to hydrolysis) is 1. The lowest BCUT2D eigenvalue weighted by molar-refractivity contribution is -0.143. The zero-order valence-electron chi connectivity index (χ0n) is 6.62. The standard InChI is InChI=1S/C6H7Cl2NO4/c1-12-5(10)2-3(4(7)8)13-6(11)9-2/h2-4H,1H3,(H,9,11)/t2-,3-/m0/s1. The smallest absolute Gasteiger partial charge is 0.408 e. The second-order valence-electron chi connectivity index (χ2n) is 2.35. The minimum atomic E-state index is -0.969. The minimum absolute atomic E-state index is 0.637. The van der Waals surface area contributed by atoms with Crippen LogP contribution in [0.25, 0.3) is 0 Å². The van der Waals surface area contributed by atoms with E-state index in [9.17, 15) is 9.59 Å². The van der Waals surface area contributed by atoms with Gasteiger partial charge in [0.2, 0.25) is 0 Å². The number of hydrogen-bond acceptors (Lipinski definition) is 4. The topological polar surface area (TPSA) is 64.6 Å². The van der Waals surface area contributed by atoms with E-state index in [2.05, 4.69) is 14.8 Å². The summed E-state index contributed by atoms with van der Waals surface area (Å²) in [5, 5.41) is 2.23. The van der Waals surface area contributed by atoms with Crippen molar-refractivity contribution in [3.8, 4) is 0 Å². The highest BCUT2D eigenvalue weighted by molar-refractivity contribution is 6.45. The number of halogens is 2. The van der Waals surface area contributed by atoms with Crippen LogP contribution in [0.15, 0.2) is 0 Å². The van der Waals surface area contributed by atoms with E-state index >= 15 is 0 Å². The van der Waals surface area contributed by atoms with Crippen LogP contribution in [0.3, 0.4) is 0 Å². The maximum absolute atomic E-state index is 11.0. The Hall–Kier alpha value is -0.680. The average Bonchev–Trinajstić information content (AvgIpc) is 2.46. The maximum atomic E-state index is 11.0. The predicted octanol–water partition coefficient (Wildman–Crippen LogP) is 0.440. The number of nitrogens with one attached hydrogen (secondary N) is 1. The van der Waals surface area contributed by atoms with Crippen molar-refractivity contribution in [1.29, 1.82) is 0 Å². The summed E-state index contributed by atoms with van der Waals surface area (Å²) < 4.78 is 9.06. The Kier molecular flexibility index (Phi) is 3.22.